The Hall–Kier alpha value is -3.75. The lowest BCUT2D eigenvalue weighted by Gasteiger charge is -2.04. The van der Waals surface area contributed by atoms with E-state index in [1.54, 1.807) is 24.3 Å². The molecule has 0 aliphatic carbocycles. The molecule has 2 aromatic rings. The van der Waals surface area contributed by atoms with Gasteiger partial charge < -0.3 is 15.8 Å². The van der Waals surface area contributed by atoms with Crippen molar-refractivity contribution in [2.45, 2.75) is 0 Å². The molecule has 2 aromatic carbocycles. The zero-order valence-corrected chi connectivity index (χ0v) is 13.4. The van der Waals surface area contributed by atoms with Gasteiger partial charge in [0.05, 0.1) is 6.21 Å². The number of anilines is 1. The topological polar surface area (TPSA) is 123 Å². The van der Waals surface area contributed by atoms with E-state index in [1.807, 2.05) is 0 Å². The fraction of sp³-hybridized carbons (Fsp3) is 0.0588. The van der Waals surface area contributed by atoms with Gasteiger partial charge in [0.25, 0.3) is 5.91 Å². The van der Waals surface area contributed by atoms with Crippen LogP contribution in [0.1, 0.15) is 5.56 Å². The van der Waals surface area contributed by atoms with Crippen molar-refractivity contribution < 1.29 is 23.5 Å². The van der Waals surface area contributed by atoms with Gasteiger partial charge in [0, 0.05) is 5.69 Å². The Morgan fingerprint density at radius 1 is 1.04 bits per heavy atom. The molecule has 4 N–H and O–H groups in total. The molecule has 0 saturated heterocycles. The van der Waals surface area contributed by atoms with E-state index in [9.17, 15) is 18.8 Å². The molecule has 0 spiro atoms. The minimum Gasteiger partial charge on any atom is -0.484 e. The summed E-state index contributed by atoms with van der Waals surface area (Å²) in [7, 11) is 0. The van der Waals surface area contributed by atoms with Gasteiger partial charge in [0.2, 0.25) is 0 Å². The lowest BCUT2D eigenvalue weighted by Crippen LogP contribution is -2.32. The Morgan fingerprint density at radius 2 is 1.69 bits per heavy atom. The maximum absolute atomic E-state index is 12.8. The third-order valence-corrected chi connectivity index (χ3v) is 2.95. The number of rotatable bonds is 6. The largest absolute Gasteiger partial charge is 0.484 e. The summed E-state index contributed by atoms with van der Waals surface area (Å²) in [6.07, 6.45) is 1.32. The number of ether oxygens (including phenoxy) is 1. The Morgan fingerprint density at radius 3 is 2.31 bits per heavy atom. The van der Waals surface area contributed by atoms with Gasteiger partial charge in [-0.3, -0.25) is 14.4 Å². The molecule has 0 unspecified atom stereocenters. The van der Waals surface area contributed by atoms with Gasteiger partial charge in [-0.2, -0.15) is 5.10 Å². The molecule has 2 rings (SSSR count). The molecule has 0 atom stereocenters. The van der Waals surface area contributed by atoms with Crippen LogP contribution in [-0.4, -0.2) is 30.5 Å². The van der Waals surface area contributed by atoms with Gasteiger partial charge in [-0.05, 0) is 54.1 Å². The van der Waals surface area contributed by atoms with E-state index >= 15 is 0 Å². The van der Waals surface area contributed by atoms with Gasteiger partial charge in [-0.25, -0.2) is 9.82 Å². The number of halogens is 1. The van der Waals surface area contributed by atoms with E-state index in [0.29, 0.717) is 11.3 Å². The van der Waals surface area contributed by atoms with Crippen LogP contribution < -0.4 is 21.2 Å². The molecule has 9 heteroatoms. The number of nitrogens with two attached hydrogens (primary N) is 1. The van der Waals surface area contributed by atoms with Gasteiger partial charge >= 0.3 is 11.8 Å². The highest BCUT2D eigenvalue weighted by molar-refractivity contribution is 6.39. The van der Waals surface area contributed by atoms with Crippen LogP contribution in [0.5, 0.6) is 5.75 Å². The van der Waals surface area contributed by atoms with Crippen molar-refractivity contribution in [2.24, 2.45) is 10.8 Å². The van der Waals surface area contributed by atoms with Crippen molar-refractivity contribution >= 4 is 29.6 Å². The van der Waals surface area contributed by atoms with Gasteiger partial charge in [-0.1, -0.05) is 0 Å². The van der Waals surface area contributed by atoms with Crippen molar-refractivity contribution in [3.05, 3.63) is 59.9 Å². The molecule has 8 nitrogen and oxygen atoms in total. The number of primary amides is 1. The molecule has 26 heavy (non-hydrogen) atoms. The molecule has 3 amide bonds. The van der Waals surface area contributed by atoms with E-state index in [-0.39, 0.29) is 12.3 Å². The van der Waals surface area contributed by atoms with E-state index in [2.05, 4.69) is 15.8 Å². The third kappa shape index (κ3) is 6.04. The van der Waals surface area contributed by atoms with Crippen LogP contribution >= 0.6 is 0 Å². The minimum absolute atomic E-state index is 0.230. The van der Waals surface area contributed by atoms with Gasteiger partial charge in [0.15, 0.2) is 6.61 Å². The summed E-state index contributed by atoms with van der Waals surface area (Å²) in [6, 6.07) is 11.4. The van der Waals surface area contributed by atoms with Gasteiger partial charge in [0.1, 0.15) is 11.6 Å². The number of amides is 3. The predicted octanol–water partition coefficient (Wildman–Crippen LogP) is 0.779. The molecule has 134 valence electrons. The van der Waals surface area contributed by atoms with Crippen LogP contribution in [0.3, 0.4) is 0 Å². The maximum atomic E-state index is 12.8. The molecule has 0 fully saturated rings. The molecular weight excluding hydrogens is 343 g/mol. The van der Waals surface area contributed by atoms with E-state index in [4.69, 9.17) is 10.5 Å². The summed E-state index contributed by atoms with van der Waals surface area (Å²) >= 11 is 0. The highest BCUT2D eigenvalue weighted by atomic mass is 19.1. The van der Waals surface area contributed by atoms with Crippen molar-refractivity contribution in [3.8, 4) is 5.75 Å². The lowest BCUT2D eigenvalue weighted by atomic mass is 10.2. The Bertz CT molecular complexity index is 820. The fourth-order valence-electron chi connectivity index (χ4n) is 1.74. The fourth-order valence-corrected chi connectivity index (χ4v) is 1.74. The summed E-state index contributed by atoms with van der Waals surface area (Å²) in [6.45, 7) is -0.230. The number of carbonyl (C=O) groups excluding carboxylic acids is 3. The number of nitrogens with one attached hydrogen (secondary N) is 2. The molecular formula is C17H15FN4O4. The lowest BCUT2D eigenvalue weighted by molar-refractivity contribution is -0.136. The number of hydrazone groups is 1. The highest BCUT2D eigenvalue weighted by Crippen LogP contribution is 2.11. The second kappa shape index (κ2) is 8.92. The van der Waals surface area contributed by atoms with Gasteiger partial charge in [-0.15, -0.1) is 0 Å². The first-order valence-electron chi connectivity index (χ1n) is 7.35. The average molecular weight is 358 g/mol. The summed E-state index contributed by atoms with van der Waals surface area (Å²) in [5.41, 5.74) is 7.94. The molecule has 0 bridgehead atoms. The van der Waals surface area contributed by atoms with E-state index in [0.717, 1.165) is 12.1 Å². The summed E-state index contributed by atoms with van der Waals surface area (Å²) in [5, 5.41) is 5.96. The van der Waals surface area contributed by atoms with Crippen molar-refractivity contribution in [1.29, 1.82) is 0 Å². The first-order valence-corrected chi connectivity index (χ1v) is 7.35. The summed E-state index contributed by atoms with van der Waals surface area (Å²) in [4.78, 5) is 33.9. The molecule has 0 radical (unpaired) electrons. The monoisotopic (exact) mass is 358 g/mol. The van der Waals surface area contributed by atoms with Crippen LogP contribution in [0.4, 0.5) is 10.1 Å². The second-order valence-electron chi connectivity index (χ2n) is 4.98. The Balaban J connectivity index is 1.83. The van der Waals surface area contributed by atoms with Crippen LogP contribution in [0.25, 0.3) is 0 Å². The average Bonchev–Trinajstić information content (AvgIpc) is 2.62. The highest BCUT2D eigenvalue weighted by Gasteiger charge is 2.12. The van der Waals surface area contributed by atoms with Crippen molar-refractivity contribution in [3.63, 3.8) is 0 Å². The molecule has 0 aliphatic rings. The summed E-state index contributed by atoms with van der Waals surface area (Å²) < 4.78 is 17.9. The van der Waals surface area contributed by atoms with Crippen LogP contribution in [-0.2, 0) is 14.4 Å². The number of carbonyl (C=O) groups is 3. The first kappa shape index (κ1) is 18.6. The molecule has 0 aromatic heterocycles. The molecule has 0 aliphatic heterocycles. The Labute approximate surface area is 147 Å². The van der Waals surface area contributed by atoms with E-state index < -0.39 is 23.5 Å². The number of hydrogen-bond acceptors (Lipinski definition) is 5. The molecule has 0 heterocycles. The van der Waals surface area contributed by atoms with E-state index in [1.165, 1.54) is 18.3 Å². The smallest absolute Gasteiger partial charge is 0.329 e. The number of nitrogens with zero attached hydrogens (tertiary/aromatic N) is 1. The van der Waals surface area contributed by atoms with Crippen LogP contribution in [0.2, 0.25) is 0 Å². The Kier molecular flexibility index (Phi) is 6.38. The zero-order chi connectivity index (χ0) is 18.9. The first-order chi connectivity index (χ1) is 12.4. The minimum atomic E-state index is -0.980. The number of hydrogen-bond donors (Lipinski definition) is 3. The normalized spacial score (nSPS) is 10.3. The summed E-state index contributed by atoms with van der Waals surface area (Å²) in [5.74, 6) is -2.51. The molecule has 0 saturated carbocycles. The number of benzene rings is 2. The second-order valence-corrected chi connectivity index (χ2v) is 4.98. The quantitative estimate of drug-likeness (QED) is 0.401. The zero-order valence-electron chi connectivity index (χ0n) is 13.4. The van der Waals surface area contributed by atoms with Crippen molar-refractivity contribution in [1.82, 2.24) is 5.43 Å². The third-order valence-electron chi connectivity index (χ3n) is 2.95. The standard InChI is InChI=1S/C17H15FN4O4/c18-12-3-5-13(6-4-12)21-16(24)17(25)22-20-9-11-1-7-14(8-2-11)26-10-15(19)23/h1-9H,10H2,(H2,19,23)(H,21,24)(H,22,25)/b20-9-. The maximum Gasteiger partial charge on any atom is 0.329 e. The van der Waals surface area contributed by atoms with Crippen LogP contribution in [0, 0.1) is 5.82 Å². The van der Waals surface area contributed by atoms with Crippen LogP contribution in [0.15, 0.2) is 53.6 Å². The predicted molar refractivity (Wildman–Crippen MR) is 91.9 cm³/mol. The SMILES string of the molecule is NC(=O)COc1ccc(/C=N\NC(=O)C(=O)Nc2ccc(F)cc2)cc1. The van der Waals surface area contributed by atoms with Crippen molar-refractivity contribution in [2.75, 3.05) is 11.9 Å².